The summed E-state index contributed by atoms with van der Waals surface area (Å²) in [5, 5.41) is 4.80. The molecule has 2 rings (SSSR count). The summed E-state index contributed by atoms with van der Waals surface area (Å²) in [7, 11) is 0. The van der Waals surface area contributed by atoms with Gasteiger partial charge in [-0.15, -0.1) is 0 Å². The van der Waals surface area contributed by atoms with Crippen molar-refractivity contribution in [3.63, 3.8) is 0 Å². The zero-order chi connectivity index (χ0) is 13.1. The van der Waals surface area contributed by atoms with Crippen LogP contribution in [-0.4, -0.2) is 0 Å². The number of benzene rings is 2. The standard InChI is InChI=1S/C14H12BrCl2N/c1-9-6-12(16)4-2-10(9)8-18-14-7-11(15)3-5-13(14)17/h2-7,18H,8H2,1H3. The maximum absolute atomic E-state index is 6.12. The van der Waals surface area contributed by atoms with Gasteiger partial charge in [0.2, 0.25) is 0 Å². The molecule has 4 heteroatoms. The normalized spacial score (nSPS) is 10.4. The Morgan fingerprint density at radius 2 is 1.89 bits per heavy atom. The van der Waals surface area contributed by atoms with E-state index in [1.807, 2.05) is 43.3 Å². The number of aryl methyl sites for hydroxylation is 1. The smallest absolute Gasteiger partial charge is 0.0638 e. The predicted molar refractivity (Wildman–Crippen MR) is 82.7 cm³/mol. The molecular weight excluding hydrogens is 333 g/mol. The first-order valence-electron chi connectivity index (χ1n) is 5.50. The van der Waals surface area contributed by atoms with Crippen LogP contribution in [0.3, 0.4) is 0 Å². The molecule has 94 valence electrons. The molecule has 18 heavy (non-hydrogen) atoms. The molecule has 0 saturated carbocycles. The summed E-state index contributed by atoms with van der Waals surface area (Å²) < 4.78 is 1.00. The fourth-order valence-electron chi connectivity index (χ4n) is 1.68. The molecule has 0 aliphatic rings. The van der Waals surface area contributed by atoms with E-state index in [1.165, 1.54) is 11.1 Å². The third kappa shape index (κ3) is 3.41. The summed E-state index contributed by atoms with van der Waals surface area (Å²) in [4.78, 5) is 0. The van der Waals surface area contributed by atoms with Crippen LogP contribution in [0.15, 0.2) is 40.9 Å². The van der Waals surface area contributed by atoms with Gasteiger partial charge in [0.1, 0.15) is 0 Å². The Balaban J connectivity index is 2.13. The van der Waals surface area contributed by atoms with E-state index < -0.39 is 0 Å². The molecule has 2 aromatic rings. The predicted octanol–water partition coefficient (Wildman–Crippen LogP) is 5.68. The minimum absolute atomic E-state index is 0.713. The van der Waals surface area contributed by atoms with Gasteiger partial charge >= 0.3 is 0 Å². The molecule has 2 aromatic carbocycles. The second kappa shape index (κ2) is 5.96. The lowest BCUT2D eigenvalue weighted by Gasteiger charge is -2.11. The molecule has 0 aromatic heterocycles. The Kier molecular flexibility index (Phi) is 4.55. The average molecular weight is 345 g/mol. The van der Waals surface area contributed by atoms with Crippen LogP contribution in [0, 0.1) is 6.92 Å². The first-order chi connectivity index (χ1) is 8.56. The molecular formula is C14H12BrCl2N. The van der Waals surface area contributed by atoms with Crippen molar-refractivity contribution in [2.75, 3.05) is 5.32 Å². The van der Waals surface area contributed by atoms with Crippen molar-refractivity contribution >= 4 is 44.8 Å². The van der Waals surface area contributed by atoms with Crippen molar-refractivity contribution in [1.82, 2.24) is 0 Å². The largest absolute Gasteiger partial charge is 0.380 e. The quantitative estimate of drug-likeness (QED) is 0.755. The van der Waals surface area contributed by atoms with Crippen molar-refractivity contribution in [2.45, 2.75) is 13.5 Å². The van der Waals surface area contributed by atoms with Gasteiger partial charge in [0.15, 0.2) is 0 Å². The lowest BCUT2D eigenvalue weighted by molar-refractivity contribution is 1.12. The maximum Gasteiger partial charge on any atom is 0.0638 e. The fourth-order valence-corrected chi connectivity index (χ4v) is 2.45. The zero-order valence-corrected chi connectivity index (χ0v) is 12.9. The molecule has 0 aliphatic heterocycles. The maximum atomic E-state index is 6.12. The third-order valence-electron chi connectivity index (χ3n) is 2.70. The Morgan fingerprint density at radius 1 is 1.11 bits per heavy atom. The van der Waals surface area contributed by atoms with Crippen molar-refractivity contribution in [2.24, 2.45) is 0 Å². The van der Waals surface area contributed by atoms with Gasteiger partial charge < -0.3 is 5.32 Å². The van der Waals surface area contributed by atoms with Crippen molar-refractivity contribution < 1.29 is 0 Å². The van der Waals surface area contributed by atoms with Crippen LogP contribution >= 0.6 is 39.1 Å². The molecule has 0 unspecified atom stereocenters. The number of anilines is 1. The van der Waals surface area contributed by atoms with Gasteiger partial charge in [-0.3, -0.25) is 0 Å². The van der Waals surface area contributed by atoms with Gasteiger partial charge in [0.05, 0.1) is 10.7 Å². The van der Waals surface area contributed by atoms with Crippen LogP contribution in [-0.2, 0) is 6.54 Å². The van der Waals surface area contributed by atoms with Crippen molar-refractivity contribution in [3.05, 3.63) is 62.0 Å². The molecule has 0 fully saturated rings. The molecule has 0 saturated heterocycles. The van der Waals surface area contributed by atoms with Gasteiger partial charge in [0, 0.05) is 16.0 Å². The second-order valence-electron chi connectivity index (χ2n) is 4.05. The summed E-state index contributed by atoms with van der Waals surface area (Å²) >= 11 is 15.5. The van der Waals surface area contributed by atoms with Gasteiger partial charge in [-0.2, -0.15) is 0 Å². The summed E-state index contributed by atoms with van der Waals surface area (Å²) in [5.41, 5.74) is 3.29. The van der Waals surface area contributed by atoms with E-state index in [-0.39, 0.29) is 0 Å². The Bertz CT molecular complexity index is 570. The Hall–Kier alpha value is -0.700. The highest BCUT2D eigenvalue weighted by Gasteiger charge is 2.03. The lowest BCUT2D eigenvalue weighted by atomic mass is 10.1. The van der Waals surface area contributed by atoms with Gasteiger partial charge in [-0.1, -0.05) is 45.2 Å². The van der Waals surface area contributed by atoms with E-state index in [0.717, 1.165) is 21.7 Å². The monoisotopic (exact) mass is 343 g/mol. The second-order valence-corrected chi connectivity index (χ2v) is 5.81. The van der Waals surface area contributed by atoms with Crippen LogP contribution in [0.1, 0.15) is 11.1 Å². The third-order valence-corrected chi connectivity index (χ3v) is 3.76. The molecule has 0 atom stereocenters. The van der Waals surface area contributed by atoms with E-state index in [9.17, 15) is 0 Å². The first kappa shape index (κ1) is 13.7. The molecule has 1 nitrogen and oxygen atoms in total. The minimum atomic E-state index is 0.713. The highest BCUT2D eigenvalue weighted by Crippen LogP contribution is 2.26. The summed E-state index contributed by atoms with van der Waals surface area (Å²) in [6.07, 6.45) is 0. The van der Waals surface area contributed by atoms with E-state index in [4.69, 9.17) is 23.2 Å². The molecule has 0 amide bonds. The highest BCUT2D eigenvalue weighted by atomic mass is 79.9. The molecule has 0 bridgehead atoms. The van der Waals surface area contributed by atoms with E-state index in [0.29, 0.717) is 5.02 Å². The number of hydrogen-bond donors (Lipinski definition) is 1. The van der Waals surface area contributed by atoms with Crippen LogP contribution in [0.25, 0.3) is 0 Å². The minimum Gasteiger partial charge on any atom is -0.380 e. The number of rotatable bonds is 3. The van der Waals surface area contributed by atoms with E-state index in [1.54, 1.807) is 0 Å². The van der Waals surface area contributed by atoms with Crippen LogP contribution < -0.4 is 5.32 Å². The first-order valence-corrected chi connectivity index (χ1v) is 7.05. The summed E-state index contributed by atoms with van der Waals surface area (Å²) in [5.74, 6) is 0. The SMILES string of the molecule is Cc1cc(Cl)ccc1CNc1cc(Br)ccc1Cl. The fraction of sp³-hybridized carbons (Fsp3) is 0.143. The van der Waals surface area contributed by atoms with E-state index in [2.05, 4.69) is 21.2 Å². The van der Waals surface area contributed by atoms with E-state index >= 15 is 0 Å². The Labute approximate surface area is 125 Å². The topological polar surface area (TPSA) is 12.0 Å². The van der Waals surface area contributed by atoms with Crippen LogP contribution in [0.4, 0.5) is 5.69 Å². The molecule has 0 heterocycles. The molecule has 0 radical (unpaired) electrons. The van der Waals surface area contributed by atoms with Crippen molar-refractivity contribution in [1.29, 1.82) is 0 Å². The highest BCUT2D eigenvalue weighted by molar-refractivity contribution is 9.10. The number of halogens is 3. The van der Waals surface area contributed by atoms with Crippen molar-refractivity contribution in [3.8, 4) is 0 Å². The Morgan fingerprint density at radius 3 is 2.61 bits per heavy atom. The van der Waals surface area contributed by atoms with Gasteiger partial charge in [-0.25, -0.2) is 0 Å². The number of hydrogen-bond acceptors (Lipinski definition) is 1. The molecule has 1 N–H and O–H groups in total. The summed E-state index contributed by atoms with van der Waals surface area (Å²) in [6.45, 7) is 2.77. The average Bonchev–Trinajstić information content (AvgIpc) is 2.32. The zero-order valence-electron chi connectivity index (χ0n) is 9.81. The lowest BCUT2D eigenvalue weighted by Crippen LogP contribution is -2.01. The molecule has 0 aliphatic carbocycles. The van der Waals surface area contributed by atoms with Crippen LogP contribution in [0.5, 0.6) is 0 Å². The van der Waals surface area contributed by atoms with Gasteiger partial charge in [0.25, 0.3) is 0 Å². The summed E-state index contributed by atoms with van der Waals surface area (Å²) in [6, 6.07) is 11.6. The number of nitrogens with one attached hydrogen (secondary N) is 1. The molecule has 0 spiro atoms. The van der Waals surface area contributed by atoms with Gasteiger partial charge in [-0.05, 0) is 48.4 Å². The van der Waals surface area contributed by atoms with Crippen LogP contribution in [0.2, 0.25) is 10.0 Å².